The second-order valence-corrected chi connectivity index (χ2v) is 4.80. The second-order valence-electron chi connectivity index (χ2n) is 4.80. The van der Waals surface area contributed by atoms with Crippen LogP contribution in [0.3, 0.4) is 0 Å². The van der Waals surface area contributed by atoms with E-state index in [-0.39, 0.29) is 23.6 Å². The van der Waals surface area contributed by atoms with Gasteiger partial charge in [0.05, 0.1) is 6.10 Å². The monoisotopic (exact) mass is 273 g/mol. The first-order chi connectivity index (χ1) is 9.10. The van der Waals surface area contributed by atoms with Gasteiger partial charge >= 0.3 is 0 Å². The number of nitrogens with one attached hydrogen (secondary N) is 1. The molecule has 1 aliphatic heterocycles. The third-order valence-electron chi connectivity index (χ3n) is 3.80. The maximum absolute atomic E-state index is 13.9. The number of hydrogen-bond acceptors (Lipinski definition) is 2. The van der Waals surface area contributed by atoms with E-state index < -0.39 is 17.5 Å². The Balaban J connectivity index is 2.34. The van der Waals surface area contributed by atoms with Crippen molar-refractivity contribution in [1.29, 1.82) is 0 Å². The van der Waals surface area contributed by atoms with Gasteiger partial charge in [0.1, 0.15) is 0 Å². The SMILES string of the molecule is CCC1OCCC1C(NC)c1ccc(F)c(F)c1F. The molecule has 0 radical (unpaired) electrons. The van der Waals surface area contributed by atoms with Crippen LogP contribution in [0.4, 0.5) is 13.2 Å². The van der Waals surface area contributed by atoms with E-state index in [0.29, 0.717) is 6.61 Å². The number of ether oxygens (including phenoxy) is 1. The summed E-state index contributed by atoms with van der Waals surface area (Å²) in [5.74, 6) is -3.62. The molecule has 2 rings (SSSR count). The van der Waals surface area contributed by atoms with Crippen molar-refractivity contribution in [3.8, 4) is 0 Å². The maximum atomic E-state index is 13.9. The van der Waals surface area contributed by atoms with Gasteiger partial charge in [0.25, 0.3) is 0 Å². The highest BCUT2D eigenvalue weighted by Gasteiger charge is 2.35. The van der Waals surface area contributed by atoms with E-state index in [1.54, 1.807) is 7.05 Å². The van der Waals surface area contributed by atoms with Gasteiger partial charge in [0.2, 0.25) is 0 Å². The molecule has 0 spiro atoms. The third kappa shape index (κ3) is 2.62. The Morgan fingerprint density at radius 1 is 1.32 bits per heavy atom. The van der Waals surface area contributed by atoms with Crippen LogP contribution in [0.2, 0.25) is 0 Å². The molecule has 5 heteroatoms. The summed E-state index contributed by atoms with van der Waals surface area (Å²) in [4.78, 5) is 0. The Labute approximate surface area is 111 Å². The lowest BCUT2D eigenvalue weighted by Crippen LogP contribution is -2.31. The van der Waals surface area contributed by atoms with Crippen molar-refractivity contribution in [2.45, 2.75) is 31.9 Å². The Morgan fingerprint density at radius 2 is 2.05 bits per heavy atom. The zero-order valence-corrected chi connectivity index (χ0v) is 11.1. The molecular formula is C14H18F3NO. The first kappa shape index (κ1) is 14.3. The van der Waals surface area contributed by atoms with Crippen molar-refractivity contribution in [3.05, 3.63) is 35.1 Å². The lowest BCUT2D eigenvalue weighted by atomic mass is 9.86. The van der Waals surface area contributed by atoms with Crippen LogP contribution in [-0.2, 0) is 4.74 Å². The lowest BCUT2D eigenvalue weighted by Gasteiger charge is -2.27. The molecule has 1 saturated heterocycles. The molecule has 0 aromatic heterocycles. The molecule has 0 bridgehead atoms. The molecule has 1 N–H and O–H groups in total. The fourth-order valence-electron chi connectivity index (χ4n) is 2.85. The minimum absolute atomic E-state index is 0.0185. The number of hydrogen-bond donors (Lipinski definition) is 1. The van der Waals surface area contributed by atoms with Gasteiger partial charge in [-0.3, -0.25) is 0 Å². The summed E-state index contributed by atoms with van der Waals surface area (Å²) in [7, 11) is 1.69. The van der Waals surface area contributed by atoms with Crippen LogP contribution in [0, 0.1) is 23.4 Å². The average molecular weight is 273 g/mol. The van der Waals surface area contributed by atoms with Gasteiger partial charge in [-0.2, -0.15) is 0 Å². The van der Waals surface area contributed by atoms with Crippen molar-refractivity contribution in [2.75, 3.05) is 13.7 Å². The normalized spacial score (nSPS) is 24.7. The van der Waals surface area contributed by atoms with Crippen LogP contribution in [0.15, 0.2) is 12.1 Å². The predicted molar refractivity (Wildman–Crippen MR) is 66.3 cm³/mol. The molecule has 2 nitrogen and oxygen atoms in total. The van der Waals surface area contributed by atoms with Gasteiger partial charge < -0.3 is 10.1 Å². The van der Waals surface area contributed by atoms with Gasteiger partial charge in [-0.25, -0.2) is 13.2 Å². The number of rotatable bonds is 4. The maximum Gasteiger partial charge on any atom is 0.194 e. The van der Waals surface area contributed by atoms with Crippen molar-refractivity contribution >= 4 is 0 Å². The minimum Gasteiger partial charge on any atom is -0.378 e. The third-order valence-corrected chi connectivity index (χ3v) is 3.80. The molecule has 3 atom stereocenters. The van der Waals surface area contributed by atoms with E-state index in [1.807, 2.05) is 6.92 Å². The van der Waals surface area contributed by atoms with E-state index in [1.165, 1.54) is 6.07 Å². The fraction of sp³-hybridized carbons (Fsp3) is 0.571. The predicted octanol–water partition coefficient (Wildman–Crippen LogP) is 3.18. The van der Waals surface area contributed by atoms with Crippen molar-refractivity contribution in [3.63, 3.8) is 0 Å². The summed E-state index contributed by atoms with van der Waals surface area (Å²) in [6, 6.07) is 1.90. The summed E-state index contributed by atoms with van der Waals surface area (Å²) in [5.41, 5.74) is 0.162. The van der Waals surface area contributed by atoms with E-state index in [4.69, 9.17) is 4.74 Å². The van der Waals surface area contributed by atoms with Crippen LogP contribution >= 0.6 is 0 Å². The molecule has 0 amide bonds. The molecule has 0 aliphatic carbocycles. The number of benzene rings is 1. The van der Waals surface area contributed by atoms with Crippen LogP contribution < -0.4 is 5.32 Å². The Bertz CT molecular complexity index is 453. The van der Waals surface area contributed by atoms with Gasteiger partial charge in [0, 0.05) is 24.1 Å². The molecule has 106 valence electrons. The summed E-state index contributed by atoms with van der Waals surface area (Å²) < 4.78 is 45.8. The zero-order chi connectivity index (χ0) is 14.0. The standard InChI is InChI=1S/C14H18F3NO/c1-3-11-8(6-7-19-11)14(18-2)9-4-5-10(15)13(17)12(9)16/h4-5,8,11,14,18H,3,6-7H2,1-2H3. The molecule has 1 aliphatic rings. The quantitative estimate of drug-likeness (QED) is 0.851. The largest absolute Gasteiger partial charge is 0.378 e. The summed E-state index contributed by atoms with van der Waals surface area (Å²) in [6.07, 6.45) is 1.61. The van der Waals surface area contributed by atoms with Crippen LogP contribution in [0.5, 0.6) is 0 Å². The molecule has 1 aromatic carbocycles. The van der Waals surface area contributed by atoms with Crippen molar-refractivity contribution in [1.82, 2.24) is 5.32 Å². The first-order valence-electron chi connectivity index (χ1n) is 6.52. The topological polar surface area (TPSA) is 21.3 Å². The zero-order valence-electron chi connectivity index (χ0n) is 11.1. The Hall–Kier alpha value is -1.07. The van der Waals surface area contributed by atoms with Crippen LogP contribution in [0.1, 0.15) is 31.4 Å². The van der Waals surface area contributed by atoms with Gasteiger partial charge in [0.15, 0.2) is 17.5 Å². The molecule has 19 heavy (non-hydrogen) atoms. The minimum atomic E-state index is -1.41. The van der Waals surface area contributed by atoms with Crippen LogP contribution in [0.25, 0.3) is 0 Å². The van der Waals surface area contributed by atoms with E-state index in [2.05, 4.69) is 5.32 Å². The fourth-order valence-corrected chi connectivity index (χ4v) is 2.85. The highest BCUT2D eigenvalue weighted by atomic mass is 19.2. The van der Waals surface area contributed by atoms with Crippen molar-refractivity contribution in [2.24, 2.45) is 5.92 Å². The Kier molecular flexibility index (Phi) is 4.47. The van der Waals surface area contributed by atoms with E-state index in [0.717, 1.165) is 18.9 Å². The lowest BCUT2D eigenvalue weighted by molar-refractivity contribution is 0.0778. The van der Waals surface area contributed by atoms with Crippen LogP contribution in [-0.4, -0.2) is 19.8 Å². The first-order valence-corrected chi connectivity index (χ1v) is 6.52. The second kappa shape index (κ2) is 5.92. The molecule has 1 heterocycles. The Morgan fingerprint density at radius 3 is 2.68 bits per heavy atom. The highest BCUT2D eigenvalue weighted by Crippen LogP contribution is 2.36. The van der Waals surface area contributed by atoms with Crippen molar-refractivity contribution < 1.29 is 17.9 Å². The molecule has 0 saturated carbocycles. The molecular weight excluding hydrogens is 255 g/mol. The summed E-state index contributed by atoms with van der Waals surface area (Å²) in [5, 5.41) is 3.00. The van der Waals surface area contributed by atoms with Gasteiger partial charge in [-0.05, 0) is 26.0 Å². The molecule has 1 aromatic rings. The molecule has 1 fully saturated rings. The van der Waals surface area contributed by atoms with E-state index in [9.17, 15) is 13.2 Å². The van der Waals surface area contributed by atoms with E-state index >= 15 is 0 Å². The molecule has 3 unspecified atom stereocenters. The average Bonchev–Trinajstić information content (AvgIpc) is 2.88. The number of halogens is 3. The summed E-state index contributed by atoms with van der Waals surface area (Å²) in [6.45, 7) is 2.62. The smallest absolute Gasteiger partial charge is 0.194 e. The van der Waals surface area contributed by atoms with Gasteiger partial charge in [-0.15, -0.1) is 0 Å². The highest BCUT2D eigenvalue weighted by molar-refractivity contribution is 5.25. The summed E-state index contributed by atoms with van der Waals surface area (Å²) >= 11 is 0. The van der Waals surface area contributed by atoms with Gasteiger partial charge in [-0.1, -0.05) is 13.0 Å².